The molecule has 0 fully saturated rings. The maximum atomic E-state index is 8.36. The van der Waals surface area contributed by atoms with Crippen molar-refractivity contribution in [1.29, 1.82) is 0 Å². The Balaban J connectivity index is 2.29. The quantitative estimate of drug-likeness (QED) is 0.247. The predicted molar refractivity (Wildman–Crippen MR) is 74.9 cm³/mol. The zero-order valence-corrected chi connectivity index (χ0v) is 11.6. The minimum absolute atomic E-state index is 0.269. The van der Waals surface area contributed by atoms with Gasteiger partial charge in [-0.25, -0.2) is 0 Å². The van der Waals surface area contributed by atoms with Gasteiger partial charge in [-0.05, 0) is 31.0 Å². The van der Waals surface area contributed by atoms with Gasteiger partial charge < -0.3 is 16.3 Å². The third kappa shape index (κ3) is 5.28. The van der Waals surface area contributed by atoms with Crippen LogP contribution in [0.15, 0.2) is 27.8 Å². The second-order valence-electron chi connectivity index (χ2n) is 3.60. The fourth-order valence-electron chi connectivity index (χ4n) is 1.34. The molecule has 1 rings (SSSR count). The molecule has 0 saturated heterocycles. The molecule has 1 aromatic rings. The van der Waals surface area contributed by atoms with Gasteiger partial charge in [0, 0.05) is 17.4 Å². The molecule has 17 heavy (non-hydrogen) atoms. The van der Waals surface area contributed by atoms with Crippen LogP contribution in [0.3, 0.4) is 0 Å². The number of nitrogens with zero attached hydrogens (tertiary/aromatic N) is 1. The van der Waals surface area contributed by atoms with E-state index in [0.717, 1.165) is 29.5 Å². The van der Waals surface area contributed by atoms with Crippen molar-refractivity contribution in [1.82, 2.24) is 0 Å². The summed E-state index contributed by atoms with van der Waals surface area (Å²) in [5.41, 5.74) is 6.27. The number of benzene rings is 1. The number of nitrogens with two attached hydrogens (primary N) is 1. The van der Waals surface area contributed by atoms with Crippen molar-refractivity contribution in [2.45, 2.75) is 19.3 Å². The van der Waals surface area contributed by atoms with E-state index >= 15 is 0 Å². The summed E-state index contributed by atoms with van der Waals surface area (Å²) in [5, 5.41) is 15.2. The number of unbranched alkanes of at least 4 members (excludes halogenated alkanes) is 1. The third-order valence-corrected chi connectivity index (χ3v) is 3.05. The first-order valence-corrected chi connectivity index (χ1v) is 6.46. The second kappa shape index (κ2) is 7.40. The molecule has 0 aromatic heterocycles. The van der Waals surface area contributed by atoms with Gasteiger partial charge in [0.2, 0.25) is 0 Å². The molecular weight excluding hydrogens is 305 g/mol. The van der Waals surface area contributed by atoms with Crippen molar-refractivity contribution < 1.29 is 5.21 Å². The second-order valence-corrected chi connectivity index (χ2v) is 4.92. The van der Waals surface area contributed by atoms with E-state index in [1.165, 1.54) is 0 Å². The zero-order chi connectivity index (χ0) is 12.7. The number of hydrogen-bond acceptors (Lipinski definition) is 3. The summed E-state index contributed by atoms with van der Waals surface area (Å²) < 4.78 is 0.987. The molecule has 0 spiro atoms. The van der Waals surface area contributed by atoms with E-state index in [0.29, 0.717) is 11.4 Å². The van der Waals surface area contributed by atoms with Crippen molar-refractivity contribution in [3.8, 4) is 0 Å². The first-order valence-electron chi connectivity index (χ1n) is 5.29. The van der Waals surface area contributed by atoms with Crippen LogP contribution in [-0.4, -0.2) is 17.6 Å². The molecular formula is C11H15BrClN3O. The van der Waals surface area contributed by atoms with E-state index in [1.54, 1.807) is 0 Å². The van der Waals surface area contributed by atoms with Crippen LogP contribution in [0.4, 0.5) is 5.69 Å². The average molecular weight is 321 g/mol. The van der Waals surface area contributed by atoms with E-state index in [9.17, 15) is 0 Å². The van der Waals surface area contributed by atoms with E-state index in [1.807, 2.05) is 18.2 Å². The lowest BCUT2D eigenvalue weighted by molar-refractivity contribution is 0.316. The molecule has 0 bridgehead atoms. The number of anilines is 1. The normalized spacial score (nSPS) is 11.5. The van der Waals surface area contributed by atoms with Crippen LogP contribution in [0.5, 0.6) is 0 Å². The van der Waals surface area contributed by atoms with Crippen LogP contribution < -0.4 is 11.1 Å². The molecule has 4 nitrogen and oxygen atoms in total. The van der Waals surface area contributed by atoms with Crippen LogP contribution >= 0.6 is 27.5 Å². The highest BCUT2D eigenvalue weighted by atomic mass is 79.9. The Kier molecular flexibility index (Phi) is 6.15. The molecule has 0 aliphatic carbocycles. The van der Waals surface area contributed by atoms with Crippen molar-refractivity contribution in [3.05, 3.63) is 27.7 Å². The van der Waals surface area contributed by atoms with Crippen LogP contribution in [0.25, 0.3) is 0 Å². The first-order chi connectivity index (χ1) is 8.13. The smallest absolute Gasteiger partial charge is 0.139 e. The molecule has 0 aliphatic heterocycles. The Bertz CT molecular complexity index is 398. The summed E-state index contributed by atoms with van der Waals surface area (Å²) in [6, 6.07) is 5.67. The Morgan fingerprint density at radius 3 is 2.94 bits per heavy atom. The minimum Gasteiger partial charge on any atom is -0.409 e. The number of nitrogens with one attached hydrogen (secondary N) is 1. The summed E-state index contributed by atoms with van der Waals surface area (Å²) in [4.78, 5) is 0. The van der Waals surface area contributed by atoms with Gasteiger partial charge in [-0.15, -0.1) is 0 Å². The lowest BCUT2D eigenvalue weighted by Gasteiger charge is -2.08. The number of hydrogen-bond donors (Lipinski definition) is 3. The number of oxime groups is 1. The Morgan fingerprint density at radius 2 is 2.24 bits per heavy atom. The molecule has 4 N–H and O–H groups in total. The molecule has 1 aromatic carbocycles. The molecule has 0 heterocycles. The van der Waals surface area contributed by atoms with Crippen molar-refractivity contribution >= 4 is 39.1 Å². The molecule has 0 atom stereocenters. The lowest BCUT2D eigenvalue weighted by atomic mass is 10.2. The van der Waals surface area contributed by atoms with Crippen LogP contribution in [0.1, 0.15) is 19.3 Å². The van der Waals surface area contributed by atoms with Crippen LogP contribution in [-0.2, 0) is 0 Å². The largest absolute Gasteiger partial charge is 0.409 e. The molecule has 0 radical (unpaired) electrons. The van der Waals surface area contributed by atoms with Gasteiger partial charge in [0.1, 0.15) is 5.84 Å². The summed E-state index contributed by atoms with van der Waals surface area (Å²) >= 11 is 9.42. The molecule has 0 unspecified atom stereocenters. The van der Waals surface area contributed by atoms with Gasteiger partial charge in [-0.2, -0.15) is 0 Å². The maximum Gasteiger partial charge on any atom is 0.139 e. The summed E-state index contributed by atoms with van der Waals surface area (Å²) in [5.74, 6) is 0.269. The molecule has 0 saturated carbocycles. The van der Waals surface area contributed by atoms with E-state index in [2.05, 4.69) is 26.4 Å². The average Bonchev–Trinajstić information content (AvgIpc) is 2.32. The van der Waals surface area contributed by atoms with E-state index in [-0.39, 0.29) is 5.84 Å². The highest BCUT2D eigenvalue weighted by Gasteiger charge is 2.00. The number of amidine groups is 1. The Labute approximate surface area is 114 Å². The molecule has 0 aliphatic rings. The zero-order valence-electron chi connectivity index (χ0n) is 9.29. The van der Waals surface area contributed by atoms with E-state index in [4.69, 9.17) is 22.5 Å². The van der Waals surface area contributed by atoms with Gasteiger partial charge in [-0.3, -0.25) is 0 Å². The maximum absolute atomic E-state index is 8.36. The summed E-state index contributed by atoms with van der Waals surface area (Å²) in [7, 11) is 0. The lowest BCUT2D eigenvalue weighted by Crippen LogP contribution is -2.11. The summed E-state index contributed by atoms with van der Waals surface area (Å²) in [6.45, 7) is 0.800. The molecule has 6 heteroatoms. The molecule has 94 valence electrons. The monoisotopic (exact) mass is 319 g/mol. The van der Waals surface area contributed by atoms with Crippen LogP contribution in [0, 0.1) is 0 Å². The van der Waals surface area contributed by atoms with Crippen LogP contribution in [0.2, 0.25) is 5.02 Å². The summed E-state index contributed by atoms with van der Waals surface area (Å²) in [6.07, 6.45) is 2.40. The standard InChI is InChI=1S/C11H15BrClN3O/c12-8-4-5-9(13)10(7-8)15-6-2-1-3-11(14)16-17/h4-5,7,15,17H,1-3,6H2,(H2,14,16). The third-order valence-electron chi connectivity index (χ3n) is 2.23. The van der Waals surface area contributed by atoms with Gasteiger partial charge in [-0.1, -0.05) is 32.7 Å². The van der Waals surface area contributed by atoms with Gasteiger partial charge in [0.15, 0.2) is 0 Å². The van der Waals surface area contributed by atoms with E-state index < -0.39 is 0 Å². The highest BCUT2D eigenvalue weighted by molar-refractivity contribution is 9.10. The van der Waals surface area contributed by atoms with Crippen molar-refractivity contribution in [3.63, 3.8) is 0 Å². The minimum atomic E-state index is 0.269. The van der Waals surface area contributed by atoms with Gasteiger partial charge >= 0.3 is 0 Å². The first kappa shape index (κ1) is 14.1. The van der Waals surface area contributed by atoms with Gasteiger partial charge in [0.05, 0.1) is 10.7 Å². The molecule has 0 amide bonds. The SMILES string of the molecule is NC(CCCCNc1cc(Br)ccc1Cl)=NO. The van der Waals surface area contributed by atoms with Crippen molar-refractivity contribution in [2.75, 3.05) is 11.9 Å². The number of rotatable bonds is 6. The Morgan fingerprint density at radius 1 is 1.47 bits per heavy atom. The van der Waals surface area contributed by atoms with Gasteiger partial charge in [0.25, 0.3) is 0 Å². The number of halogens is 2. The topological polar surface area (TPSA) is 70.6 Å². The van der Waals surface area contributed by atoms with Crippen molar-refractivity contribution in [2.24, 2.45) is 10.9 Å². The highest BCUT2D eigenvalue weighted by Crippen LogP contribution is 2.25. The fraction of sp³-hybridized carbons (Fsp3) is 0.364. The fourth-order valence-corrected chi connectivity index (χ4v) is 1.88. The Hall–Kier alpha value is -0.940. The predicted octanol–water partition coefficient (Wildman–Crippen LogP) is 3.43.